The molecule has 0 aliphatic rings. The van der Waals surface area contributed by atoms with Gasteiger partial charge in [0.25, 0.3) is 0 Å². The molecule has 2 rings (SSSR count). The maximum absolute atomic E-state index is 10.5. The van der Waals surface area contributed by atoms with Gasteiger partial charge in [-0.2, -0.15) is 10.5 Å². The summed E-state index contributed by atoms with van der Waals surface area (Å²) in [5.41, 5.74) is 1.30. The van der Waals surface area contributed by atoms with E-state index in [0.717, 1.165) is 6.29 Å². The van der Waals surface area contributed by atoms with E-state index in [9.17, 15) is 4.79 Å². The number of rotatable bonds is 3. The number of aldehydes is 1. The summed E-state index contributed by atoms with van der Waals surface area (Å²) in [6.07, 6.45) is 0.737. The van der Waals surface area contributed by atoms with Crippen molar-refractivity contribution in [3.8, 4) is 23.6 Å². The first-order valence-electron chi connectivity index (χ1n) is 5.44. The molecule has 0 fully saturated rings. The van der Waals surface area contributed by atoms with E-state index < -0.39 is 0 Å². The smallest absolute Gasteiger partial charge is 0.150 e. The molecule has 0 bridgehead atoms. The van der Waals surface area contributed by atoms with E-state index in [2.05, 4.69) is 0 Å². The zero-order chi connectivity index (χ0) is 13.7. The van der Waals surface area contributed by atoms with Gasteiger partial charge >= 0.3 is 0 Å². The van der Waals surface area contributed by atoms with Crippen molar-refractivity contribution < 1.29 is 9.53 Å². The Balaban J connectivity index is 2.34. The van der Waals surface area contributed by atoms with Crippen LogP contribution in [0.3, 0.4) is 0 Å². The van der Waals surface area contributed by atoms with Crippen LogP contribution in [0.1, 0.15) is 21.5 Å². The van der Waals surface area contributed by atoms with Gasteiger partial charge < -0.3 is 4.74 Å². The van der Waals surface area contributed by atoms with Crippen LogP contribution >= 0.6 is 0 Å². The number of carbonyl (C=O) groups is 1. The third-order valence-corrected chi connectivity index (χ3v) is 2.48. The molecule has 0 unspecified atom stereocenters. The third-order valence-electron chi connectivity index (χ3n) is 2.48. The molecule has 0 aromatic heterocycles. The highest BCUT2D eigenvalue weighted by atomic mass is 16.5. The van der Waals surface area contributed by atoms with Crippen molar-refractivity contribution in [2.24, 2.45) is 0 Å². The van der Waals surface area contributed by atoms with Crippen LogP contribution in [0.4, 0.5) is 0 Å². The second-order valence-electron chi connectivity index (χ2n) is 3.72. The van der Waals surface area contributed by atoms with Crippen LogP contribution in [0.5, 0.6) is 11.5 Å². The quantitative estimate of drug-likeness (QED) is 0.782. The van der Waals surface area contributed by atoms with Crippen LogP contribution in [-0.4, -0.2) is 6.29 Å². The van der Waals surface area contributed by atoms with Gasteiger partial charge in [-0.15, -0.1) is 0 Å². The van der Waals surface area contributed by atoms with Gasteiger partial charge in [0, 0.05) is 5.56 Å². The largest absolute Gasteiger partial charge is 0.456 e. The van der Waals surface area contributed by atoms with E-state index in [1.54, 1.807) is 30.3 Å². The summed E-state index contributed by atoms with van der Waals surface area (Å²) in [4.78, 5) is 10.5. The highest BCUT2D eigenvalue weighted by Gasteiger charge is 2.06. The van der Waals surface area contributed by atoms with Crippen molar-refractivity contribution in [2.45, 2.75) is 0 Å². The van der Waals surface area contributed by atoms with Gasteiger partial charge in [0.15, 0.2) is 0 Å². The number of nitrogens with zero attached hydrogens (tertiary/aromatic N) is 2. The summed E-state index contributed by atoms with van der Waals surface area (Å²) in [5.74, 6) is 0.817. The molecule has 0 saturated carbocycles. The molecule has 0 atom stereocenters. The maximum Gasteiger partial charge on any atom is 0.150 e. The first-order chi connectivity index (χ1) is 9.26. The fourth-order valence-electron chi connectivity index (χ4n) is 1.51. The highest BCUT2D eigenvalue weighted by Crippen LogP contribution is 2.26. The molecule has 0 heterocycles. The molecule has 19 heavy (non-hydrogen) atoms. The van der Waals surface area contributed by atoms with Crippen LogP contribution in [-0.2, 0) is 0 Å². The minimum absolute atomic E-state index is 0.320. The minimum Gasteiger partial charge on any atom is -0.456 e. The monoisotopic (exact) mass is 248 g/mol. The standard InChI is InChI=1S/C15H8N2O2/c16-8-12-1-4-13(9-17)15(7-12)19-14-5-2-11(10-18)3-6-14/h1-7,10H. The van der Waals surface area contributed by atoms with Crippen molar-refractivity contribution in [3.63, 3.8) is 0 Å². The van der Waals surface area contributed by atoms with Gasteiger partial charge in [-0.3, -0.25) is 4.79 Å². The Labute approximate surface area is 110 Å². The number of carbonyl (C=O) groups excluding carboxylic acids is 1. The van der Waals surface area contributed by atoms with Crippen LogP contribution in [0.2, 0.25) is 0 Å². The van der Waals surface area contributed by atoms with Gasteiger partial charge in [-0.05, 0) is 42.5 Å². The topological polar surface area (TPSA) is 73.9 Å². The fraction of sp³-hybridized carbons (Fsp3) is 0. The maximum atomic E-state index is 10.5. The average Bonchev–Trinajstić information content (AvgIpc) is 2.48. The van der Waals surface area contributed by atoms with Gasteiger partial charge in [0.2, 0.25) is 0 Å². The zero-order valence-corrected chi connectivity index (χ0v) is 9.83. The van der Waals surface area contributed by atoms with Gasteiger partial charge in [-0.25, -0.2) is 0 Å². The highest BCUT2D eigenvalue weighted by molar-refractivity contribution is 5.74. The first-order valence-corrected chi connectivity index (χ1v) is 5.44. The van der Waals surface area contributed by atoms with Crippen LogP contribution in [0.15, 0.2) is 42.5 Å². The molecule has 0 amide bonds. The SMILES string of the molecule is N#Cc1ccc(C#N)c(Oc2ccc(C=O)cc2)c1. The fourth-order valence-corrected chi connectivity index (χ4v) is 1.51. The number of hydrogen-bond acceptors (Lipinski definition) is 4. The summed E-state index contributed by atoms with van der Waals surface area (Å²) in [7, 11) is 0. The lowest BCUT2D eigenvalue weighted by Gasteiger charge is -2.07. The summed E-state index contributed by atoms with van der Waals surface area (Å²) >= 11 is 0. The molecule has 0 spiro atoms. The summed E-state index contributed by atoms with van der Waals surface area (Å²) in [6.45, 7) is 0. The molecule has 2 aromatic carbocycles. The molecular weight excluding hydrogens is 240 g/mol. The summed E-state index contributed by atoms with van der Waals surface area (Å²) in [6, 6.07) is 15.1. The summed E-state index contributed by atoms with van der Waals surface area (Å²) < 4.78 is 5.55. The van der Waals surface area contributed by atoms with E-state index in [-0.39, 0.29) is 0 Å². The Kier molecular flexibility index (Phi) is 3.56. The third kappa shape index (κ3) is 2.77. The van der Waals surface area contributed by atoms with Crippen molar-refractivity contribution in [1.29, 1.82) is 10.5 Å². The molecule has 0 saturated heterocycles. The average molecular weight is 248 g/mol. The molecule has 0 aliphatic heterocycles. The van der Waals surface area contributed by atoms with E-state index in [1.165, 1.54) is 12.1 Å². The number of hydrogen-bond donors (Lipinski definition) is 0. The molecule has 2 aromatic rings. The van der Waals surface area contributed by atoms with Gasteiger partial charge in [-0.1, -0.05) is 0 Å². The van der Waals surface area contributed by atoms with Crippen molar-refractivity contribution in [2.75, 3.05) is 0 Å². The Hall–Kier alpha value is -3.11. The molecule has 0 radical (unpaired) electrons. The van der Waals surface area contributed by atoms with E-state index in [0.29, 0.717) is 28.2 Å². The Bertz CT molecular complexity index is 692. The summed E-state index contributed by atoms with van der Waals surface area (Å²) in [5, 5.41) is 17.8. The number of nitriles is 2. The predicted molar refractivity (Wildman–Crippen MR) is 67.8 cm³/mol. The first kappa shape index (κ1) is 12.3. The van der Waals surface area contributed by atoms with E-state index in [4.69, 9.17) is 15.3 Å². The van der Waals surface area contributed by atoms with Gasteiger partial charge in [0.1, 0.15) is 23.9 Å². The van der Waals surface area contributed by atoms with Crippen LogP contribution < -0.4 is 4.74 Å². The molecule has 0 N–H and O–H groups in total. The lowest BCUT2D eigenvalue weighted by atomic mass is 10.1. The van der Waals surface area contributed by atoms with Crippen LogP contribution in [0, 0.1) is 22.7 Å². The molecule has 4 heteroatoms. The predicted octanol–water partition coefficient (Wildman–Crippen LogP) is 3.03. The van der Waals surface area contributed by atoms with Crippen molar-refractivity contribution in [3.05, 3.63) is 59.2 Å². The normalized spacial score (nSPS) is 9.16. The Morgan fingerprint density at radius 3 is 2.32 bits per heavy atom. The van der Waals surface area contributed by atoms with Crippen molar-refractivity contribution in [1.82, 2.24) is 0 Å². The Morgan fingerprint density at radius 1 is 1.00 bits per heavy atom. The van der Waals surface area contributed by atoms with Crippen LogP contribution in [0.25, 0.3) is 0 Å². The lowest BCUT2D eigenvalue weighted by molar-refractivity contribution is 0.112. The minimum atomic E-state index is 0.320. The molecule has 90 valence electrons. The van der Waals surface area contributed by atoms with E-state index in [1.807, 2.05) is 12.1 Å². The molecule has 4 nitrogen and oxygen atoms in total. The number of ether oxygens (including phenoxy) is 1. The Morgan fingerprint density at radius 2 is 1.74 bits per heavy atom. The molecule has 0 aliphatic carbocycles. The second-order valence-corrected chi connectivity index (χ2v) is 3.72. The number of benzene rings is 2. The van der Waals surface area contributed by atoms with Crippen molar-refractivity contribution >= 4 is 6.29 Å². The lowest BCUT2D eigenvalue weighted by Crippen LogP contribution is -1.90. The molecular formula is C15H8N2O2. The van der Waals surface area contributed by atoms with Gasteiger partial charge in [0.05, 0.1) is 17.2 Å². The zero-order valence-electron chi connectivity index (χ0n) is 9.83. The van der Waals surface area contributed by atoms with E-state index >= 15 is 0 Å². The second kappa shape index (κ2) is 5.48.